The maximum absolute atomic E-state index is 6.12. The predicted molar refractivity (Wildman–Crippen MR) is 98.2 cm³/mol. The lowest BCUT2D eigenvalue weighted by atomic mass is 10.2. The third-order valence-corrected chi connectivity index (χ3v) is 3.83. The summed E-state index contributed by atoms with van der Waals surface area (Å²) in [6.07, 6.45) is 1.80. The van der Waals surface area contributed by atoms with Crippen molar-refractivity contribution in [1.29, 1.82) is 0 Å². The summed E-state index contributed by atoms with van der Waals surface area (Å²) in [6.45, 7) is 0.384. The van der Waals surface area contributed by atoms with Gasteiger partial charge in [-0.05, 0) is 48.6 Å². The van der Waals surface area contributed by atoms with Gasteiger partial charge in [0.05, 0.1) is 0 Å². The Hall–Kier alpha value is -1.82. The van der Waals surface area contributed by atoms with Crippen LogP contribution in [0.15, 0.2) is 42.5 Å². The summed E-state index contributed by atoms with van der Waals surface area (Å²) >= 11 is 16.9. The van der Waals surface area contributed by atoms with E-state index in [1.165, 1.54) is 0 Å². The summed E-state index contributed by atoms with van der Waals surface area (Å²) in [5.74, 6) is 0.756. The van der Waals surface area contributed by atoms with Gasteiger partial charge < -0.3 is 10.1 Å². The van der Waals surface area contributed by atoms with Crippen molar-refractivity contribution < 1.29 is 9.84 Å². The number of hydrazine groups is 1. The minimum atomic E-state index is 0.384. The van der Waals surface area contributed by atoms with E-state index in [0.717, 1.165) is 16.9 Å². The van der Waals surface area contributed by atoms with Crippen LogP contribution in [0, 0.1) is 0 Å². The molecule has 0 aromatic heterocycles. The monoisotopic (exact) mass is 368 g/mol. The fraction of sp³-hybridized carbons (Fsp3) is 0.125. The number of benzene rings is 2. The Balaban J connectivity index is 1.91. The van der Waals surface area contributed by atoms with Crippen LogP contribution in [0.5, 0.6) is 5.75 Å². The molecule has 0 amide bonds. The van der Waals surface area contributed by atoms with Crippen LogP contribution >= 0.6 is 35.4 Å². The summed E-state index contributed by atoms with van der Waals surface area (Å²) in [7, 11) is 1.75. The SMILES string of the molecule is CNC(=S)N[NH+]=Cc1ccc(OCc2ccc(Cl)cc2Cl)cc1. The fourth-order valence-corrected chi connectivity index (χ4v) is 2.23. The molecule has 0 atom stereocenters. The van der Waals surface area contributed by atoms with Gasteiger partial charge >= 0.3 is 0 Å². The molecular weight excluding hydrogens is 353 g/mol. The minimum Gasteiger partial charge on any atom is -0.489 e. The summed E-state index contributed by atoms with van der Waals surface area (Å²) in [5.41, 5.74) is 4.68. The largest absolute Gasteiger partial charge is 0.489 e. The van der Waals surface area contributed by atoms with Crippen LogP contribution in [0.25, 0.3) is 0 Å². The van der Waals surface area contributed by atoms with Crippen molar-refractivity contribution in [3.63, 3.8) is 0 Å². The molecule has 0 aliphatic heterocycles. The summed E-state index contributed by atoms with van der Waals surface area (Å²) < 4.78 is 5.72. The van der Waals surface area contributed by atoms with E-state index in [1.807, 2.05) is 30.3 Å². The number of thiocarbonyl (C=S) groups is 1. The van der Waals surface area contributed by atoms with E-state index in [4.69, 9.17) is 40.2 Å². The number of hydrazone groups is 1. The van der Waals surface area contributed by atoms with Crippen LogP contribution in [-0.2, 0) is 6.61 Å². The molecule has 4 nitrogen and oxygen atoms in total. The first kappa shape index (κ1) is 17.5. The molecule has 2 aromatic carbocycles. The first-order valence-electron chi connectivity index (χ1n) is 6.82. The highest BCUT2D eigenvalue weighted by atomic mass is 35.5. The molecule has 0 radical (unpaired) electrons. The highest BCUT2D eigenvalue weighted by molar-refractivity contribution is 7.80. The van der Waals surface area contributed by atoms with Crippen LogP contribution in [0.4, 0.5) is 0 Å². The molecule has 0 saturated carbocycles. The third kappa shape index (κ3) is 5.71. The van der Waals surface area contributed by atoms with Crippen molar-refractivity contribution in [3.05, 3.63) is 63.6 Å². The van der Waals surface area contributed by atoms with Crippen molar-refractivity contribution in [2.24, 2.45) is 0 Å². The first-order chi connectivity index (χ1) is 11.1. The molecular formula is C16H16Cl2N3OS+. The zero-order valence-corrected chi connectivity index (χ0v) is 14.7. The van der Waals surface area contributed by atoms with Crippen LogP contribution in [0.1, 0.15) is 11.1 Å². The van der Waals surface area contributed by atoms with Gasteiger partial charge in [0, 0.05) is 28.2 Å². The van der Waals surface area contributed by atoms with Crippen molar-refractivity contribution in [2.75, 3.05) is 7.05 Å². The van der Waals surface area contributed by atoms with Crippen LogP contribution in [-0.4, -0.2) is 18.4 Å². The zero-order valence-electron chi connectivity index (χ0n) is 12.4. The smallest absolute Gasteiger partial charge is 0.223 e. The standard InChI is InChI=1S/C16H15Cl2N3OS/c1-19-16(23)21-20-9-11-2-6-14(7-3-11)22-10-12-4-5-13(17)8-15(12)18/h2-9H,10H2,1H3,(H2,19,21,23)/p+1. The predicted octanol–water partition coefficient (Wildman–Crippen LogP) is 2.08. The minimum absolute atomic E-state index is 0.384. The normalized spacial score (nSPS) is 10.6. The number of halogens is 2. The molecule has 0 aliphatic rings. The summed E-state index contributed by atoms with van der Waals surface area (Å²) in [4.78, 5) is 0. The molecule has 0 aliphatic carbocycles. The summed E-state index contributed by atoms with van der Waals surface area (Å²) in [5, 5.41) is 7.41. The molecule has 120 valence electrons. The number of rotatable bonds is 5. The lowest BCUT2D eigenvalue weighted by Gasteiger charge is -2.08. The molecule has 7 heteroatoms. The molecule has 2 rings (SSSR count). The first-order valence-corrected chi connectivity index (χ1v) is 7.98. The topological polar surface area (TPSA) is 47.3 Å². The molecule has 2 aromatic rings. The Kier molecular flexibility index (Phi) is 6.65. The van der Waals surface area contributed by atoms with Gasteiger partial charge in [0.1, 0.15) is 12.4 Å². The molecule has 3 N–H and O–H groups in total. The Morgan fingerprint density at radius 1 is 1.22 bits per heavy atom. The van der Waals surface area contributed by atoms with E-state index in [9.17, 15) is 0 Å². The van der Waals surface area contributed by atoms with E-state index in [1.54, 1.807) is 25.4 Å². The van der Waals surface area contributed by atoms with Crippen molar-refractivity contribution in [3.8, 4) is 5.75 Å². The van der Waals surface area contributed by atoms with Gasteiger partial charge in [-0.3, -0.25) is 0 Å². The molecule has 23 heavy (non-hydrogen) atoms. The van der Waals surface area contributed by atoms with Gasteiger partial charge in [-0.15, -0.1) is 10.5 Å². The maximum Gasteiger partial charge on any atom is 0.223 e. The number of hydrogen-bond donors (Lipinski definition) is 3. The Bertz CT molecular complexity index is 705. The van der Waals surface area contributed by atoms with E-state index < -0.39 is 0 Å². The average molecular weight is 369 g/mol. The summed E-state index contributed by atoms with van der Waals surface area (Å²) in [6, 6.07) is 13.0. The van der Waals surface area contributed by atoms with E-state index in [0.29, 0.717) is 21.8 Å². The molecule has 0 unspecified atom stereocenters. The second-order valence-electron chi connectivity index (χ2n) is 4.59. The van der Waals surface area contributed by atoms with Crippen molar-refractivity contribution >= 4 is 46.7 Å². The highest BCUT2D eigenvalue weighted by Crippen LogP contribution is 2.22. The second-order valence-corrected chi connectivity index (χ2v) is 5.84. The second kappa shape index (κ2) is 8.72. The lowest BCUT2D eigenvalue weighted by Crippen LogP contribution is -2.82. The number of nitrogens with one attached hydrogen (secondary N) is 3. The van der Waals surface area contributed by atoms with E-state index in [2.05, 4.69) is 15.8 Å². The fourth-order valence-electron chi connectivity index (χ4n) is 1.71. The van der Waals surface area contributed by atoms with Gasteiger partial charge in [0.2, 0.25) is 5.11 Å². The number of ether oxygens (including phenoxy) is 1. The van der Waals surface area contributed by atoms with Gasteiger partial charge in [-0.2, -0.15) is 0 Å². The van der Waals surface area contributed by atoms with Crippen LogP contribution in [0.2, 0.25) is 10.0 Å². The number of hydrogen-bond acceptors (Lipinski definition) is 2. The van der Waals surface area contributed by atoms with Gasteiger partial charge in [0.15, 0.2) is 6.21 Å². The molecule has 0 saturated heterocycles. The maximum atomic E-state index is 6.12. The quantitative estimate of drug-likeness (QED) is 0.429. The van der Waals surface area contributed by atoms with Crippen molar-refractivity contribution in [1.82, 2.24) is 10.7 Å². The van der Waals surface area contributed by atoms with Gasteiger partial charge in [-0.1, -0.05) is 29.3 Å². The third-order valence-electron chi connectivity index (χ3n) is 2.94. The van der Waals surface area contributed by atoms with Gasteiger partial charge in [-0.25, -0.2) is 0 Å². The Morgan fingerprint density at radius 2 is 1.96 bits per heavy atom. The average Bonchev–Trinajstić information content (AvgIpc) is 2.55. The van der Waals surface area contributed by atoms with Gasteiger partial charge in [0.25, 0.3) is 0 Å². The molecule has 0 bridgehead atoms. The Labute approximate surface area is 150 Å². The van der Waals surface area contributed by atoms with Crippen LogP contribution in [0.3, 0.4) is 0 Å². The van der Waals surface area contributed by atoms with Crippen molar-refractivity contribution in [2.45, 2.75) is 6.61 Å². The molecule has 0 spiro atoms. The van der Waals surface area contributed by atoms with E-state index in [-0.39, 0.29) is 0 Å². The molecule has 0 fully saturated rings. The van der Waals surface area contributed by atoms with E-state index >= 15 is 0 Å². The zero-order chi connectivity index (χ0) is 16.7. The highest BCUT2D eigenvalue weighted by Gasteiger charge is 2.03. The Morgan fingerprint density at radius 3 is 2.61 bits per heavy atom. The lowest BCUT2D eigenvalue weighted by molar-refractivity contribution is -0.500. The van der Waals surface area contributed by atoms with Crippen LogP contribution < -0.4 is 20.6 Å². The molecule has 0 heterocycles.